The molecule has 0 fully saturated rings. The average Bonchev–Trinajstić information content (AvgIpc) is 3.17. The van der Waals surface area contributed by atoms with E-state index in [0.717, 1.165) is 16.5 Å². The van der Waals surface area contributed by atoms with Crippen LogP contribution in [0, 0.1) is 0 Å². The molecule has 0 radical (unpaired) electrons. The van der Waals surface area contributed by atoms with Gasteiger partial charge in [0.1, 0.15) is 17.0 Å². The van der Waals surface area contributed by atoms with E-state index >= 15 is 0 Å². The molecular weight excluding hydrogens is 354 g/mol. The van der Waals surface area contributed by atoms with Crippen LogP contribution in [0.2, 0.25) is 0 Å². The summed E-state index contributed by atoms with van der Waals surface area (Å²) in [6.45, 7) is 1.52. The Morgan fingerprint density at radius 2 is 1.82 bits per heavy atom. The summed E-state index contributed by atoms with van der Waals surface area (Å²) in [5, 5.41) is 0.797. The molecular formula is C22H19N3O3. The molecule has 0 amide bonds. The van der Waals surface area contributed by atoms with Crippen LogP contribution in [0.3, 0.4) is 0 Å². The summed E-state index contributed by atoms with van der Waals surface area (Å²) >= 11 is 0. The van der Waals surface area contributed by atoms with E-state index < -0.39 is 0 Å². The van der Waals surface area contributed by atoms with Crippen molar-refractivity contribution in [2.75, 3.05) is 5.73 Å². The van der Waals surface area contributed by atoms with Crippen LogP contribution in [-0.2, 0) is 7.05 Å². The molecule has 0 spiro atoms. The van der Waals surface area contributed by atoms with Gasteiger partial charge < -0.3 is 20.0 Å². The summed E-state index contributed by atoms with van der Waals surface area (Å²) in [7, 11) is 1.71. The van der Waals surface area contributed by atoms with Gasteiger partial charge in [0.2, 0.25) is 0 Å². The fourth-order valence-corrected chi connectivity index (χ4v) is 3.22. The Hall–Kier alpha value is -3.80. The predicted molar refractivity (Wildman–Crippen MR) is 110 cm³/mol. The standard InChI is InChI=1S/C22H19N3O3/c1-13(26)14-3-6-16(7-4-14)28-20-8-5-15(23)11-18(20)19-12-25(2)22(27)21-17(19)9-10-24-21/h3-12,24H,23H2,1-2H3. The summed E-state index contributed by atoms with van der Waals surface area (Å²) < 4.78 is 7.62. The molecule has 28 heavy (non-hydrogen) atoms. The molecule has 0 saturated heterocycles. The smallest absolute Gasteiger partial charge is 0.274 e. The molecule has 0 saturated carbocycles. The molecule has 6 nitrogen and oxygen atoms in total. The minimum atomic E-state index is -0.102. The van der Waals surface area contributed by atoms with Crippen molar-refractivity contribution in [3.63, 3.8) is 0 Å². The summed E-state index contributed by atoms with van der Waals surface area (Å²) in [6, 6.07) is 14.2. The van der Waals surface area contributed by atoms with Crippen molar-refractivity contribution in [2.45, 2.75) is 6.92 Å². The zero-order valence-corrected chi connectivity index (χ0v) is 15.5. The first-order valence-electron chi connectivity index (χ1n) is 8.79. The molecule has 6 heteroatoms. The highest BCUT2D eigenvalue weighted by molar-refractivity contribution is 5.96. The number of H-pyrrole nitrogens is 1. The summed E-state index contributed by atoms with van der Waals surface area (Å²) in [4.78, 5) is 26.8. The minimum Gasteiger partial charge on any atom is -0.457 e. The van der Waals surface area contributed by atoms with Gasteiger partial charge in [0.25, 0.3) is 5.56 Å². The Balaban J connectivity index is 1.84. The SMILES string of the molecule is CC(=O)c1ccc(Oc2ccc(N)cc2-c2cn(C)c(=O)c3[nH]ccc23)cc1. The number of ketones is 1. The van der Waals surface area contributed by atoms with E-state index in [0.29, 0.717) is 28.3 Å². The highest BCUT2D eigenvalue weighted by atomic mass is 16.5. The molecule has 0 atom stereocenters. The number of benzene rings is 2. The van der Waals surface area contributed by atoms with Crippen molar-refractivity contribution in [1.82, 2.24) is 9.55 Å². The maximum absolute atomic E-state index is 12.4. The van der Waals surface area contributed by atoms with E-state index in [1.165, 1.54) is 11.5 Å². The highest BCUT2D eigenvalue weighted by Gasteiger charge is 2.15. The third-order valence-electron chi connectivity index (χ3n) is 4.68. The van der Waals surface area contributed by atoms with Gasteiger partial charge in [0.05, 0.1) is 0 Å². The van der Waals surface area contributed by atoms with Gasteiger partial charge in [-0.2, -0.15) is 0 Å². The lowest BCUT2D eigenvalue weighted by molar-refractivity contribution is 0.101. The Labute approximate surface area is 161 Å². The highest BCUT2D eigenvalue weighted by Crippen LogP contribution is 2.37. The lowest BCUT2D eigenvalue weighted by atomic mass is 10.0. The molecule has 0 bridgehead atoms. The van der Waals surface area contributed by atoms with E-state index in [-0.39, 0.29) is 11.3 Å². The molecule has 2 aromatic carbocycles. The molecule has 4 rings (SSSR count). The van der Waals surface area contributed by atoms with Gasteiger partial charge in [-0.3, -0.25) is 9.59 Å². The number of aryl methyl sites for hydroxylation is 1. The number of rotatable bonds is 4. The number of fused-ring (bicyclic) bond motifs is 1. The number of nitrogen functional groups attached to an aromatic ring is 1. The number of pyridine rings is 1. The third-order valence-corrected chi connectivity index (χ3v) is 4.68. The largest absolute Gasteiger partial charge is 0.457 e. The molecule has 0 aliphatic rings. The van der Waals surface area contributed by atoms with Gasteiger partial charge in [0.15, 0.2) is 5.78 Å². The molecule has 140 valence electrons. The first-order chi connectivity index (χ1) is 13.4. The predicted octanol–water partition coefficient (Wildman–Crippen LogP) is 4.11. The molecule has 2 heterocycles. The van der Waals surface area contributed by atoms with Crippen LogP contribution in [0.25, 0.3) is 22.0 Å². The Bertz CT molecular complexity index is 1250. The van der Waals surface area contributed by atoms with Crippen molar-refractivity contribution in [3.8, 4) is 22.6 Å². The molecule has 2 aromatic heterocycles. The van der Waals surface area contributed by atoms with Crippen molar-refractivity contribution >= 4 is 22.4 Å². The monoisotopic (exact) mass is 373 g/mol. The van der Waals surface area contributed by atoms with E-state index in [9.17, 15) is 9.59 Å². The topological polar surface area (TPSA) is 90.1 Å². The van der Waals surface area contributed by atoms with Gasteiger partial charge in [0, 0.05) is 47.2 Å². The Morgan fingerprint density at radius 3 is 2.54 bits per heavy atom. The number of aromatic amines is 1. The summed E-state index contributed by atoms with van der Waals surface area (Å²) in [5.41, 5.74) is 9.27. The number of Topliss-reactive ketones (excluding diaryl/α,β-unsaturated/α-hetero) is 1. The van der Waals surface area contributed by atoms with Crippen molar-refractivity contribution < 1.29 is 9.53 Å². The van der Waals surface area contributed by atoms with Crippen molar-refractivity contribution in [3.05, 3.63) is 76.8 Å². The van der Waals surface area contributed by atoms with Gasteiger partial charge in [-0.25, -0.2) is 0 Å². The van der Waals surface area contributed by atoms with E-state index in [4.69, 9.17) is 10.5 Å². The number of hydrogen-bond acceptors (Lipinski definition) is 4. The lowest BCUT2D eigenvalue weighted by Gasteiger charge is -2.14. The minimum absolute atomic E-state index is 0.000207. The molecule has 0 unspecified atom stereocenters. The second-order valence-electron chi connectivity index (χ2n) is 6.66. The number of carbonyl (C=O) groups is 1. The molecule has 0 aliphatic heterocycles. The second kappa shape index (κ2) is 6.74. The zero-order valence-electron chi connectivity index (χ0n) is 15.5. The third kappa shape index (κ3) is 3.05. The van der Waals surface area contributed by atoms with Crippen molar-refractivity contribution in [2.24, 2.45) is 7.05 Å². The molecule has 0 aliphatic carbocycles. The fraction of sp³-hybridized carbons (Fsp3) is 0.0909. The average molecular weight is 373 g/mol. The molecule has 4 aromatic rings. The quantitative estimate of drug-likeness (QED) is 0.416. The second-order valence-corrected chi connectivity index (χ2v) is 6.66. The Morgan fingerprint density at radius 1 is 1.07 bits per heavy atom. The molecule has 3 N–H and O–H groups in total. The number of carbonyl (C=O) groups excluding carboxylic acids is 1. The Kier molecular flexibility index (Phi) is 4.24. The summed E-state index contributed by atoms with van der Waals surface area (Å²) in [5.74, 6) is 1.21. The van der Waals surface area contributed by atoms with Crippen molar-refractivity contribution in [1.29, 1.82) is 0 Å². The number of nitrogens with zero attached hydrogens (tertiary/aromatic N) is 1. The van der Waals surface area contributed by atoms with Gasteiger partial charge >= 0.3 is 0 Å². The van der Waals surface area contributed by atoms with Crippen LogP contribution in [0.4, 0.5) is 5.69 Å². The van der Waals surface area contributed by atoms with Crippen LogP contribution < -0.4 is 16.0 Å². The zero-order chi connectivity index (χ0) is 19.8. The normalized spacial score (nSPS) is 10.9. The number of nitrogens with one attached hydrogen (secondary N) is 1. The number of ether oxygens (including phenoxy) is 1. The maximum atomic E-state index is 12.4. The van der Waals surface area contributed by atoms with Gasteiger partial charge in [-0.15, -0.1) is 0 Å². The first kappa shape index (κ1) is 17.6. The van der Waals surface area contributed by atoms with E-state index in [1.54, 1.807) is 55.8 Å². The number of anilines is 1. The van der Waals surface area contributed by atoms with Crippen LogP contribution in [0.15, 0.2) is 65.7 Å². The lowest BCUT2D eigenvalue weighted by Crippen LogP contribution is -2.16. The maximum Gasteiger partial charge on any atom is 0.274 e. The van der Waals surface area contributed by atoms with Gasteiger partial charge in [-0.1, -0.05) is 0 Å². The first-order valence-corrected chi connectivity index (χ1v) is 8.79. The van der Waals surface area contributed by atoms with Gasteiger partial charge in [-0.05, 0) is 55.5 Å². The van der Waals surface area contributed by atoms with Crippen LogP contribution in [0.5, 0.6) is 11.5 Å². The number of hydrogen-bond donors (Lipinski definition) is 2. The number of aromatic nitrogens is 2. The fourth-order valence-electron chi connectivity index (χ4n) is 3.22. The number of nitrogens with two attached hydrogens (primary N) is 1. The van der Waals surface area contributed by atoms with Crippen LogP contribution in [0.1, 0.15) is 17.3 Å². The summed E-state index contributed by atoms with van der Waals surface area (Å²) in [6.07, 6.45) is 3.52. The van der Waals surface area contributed by atoms with E-state index in [2.05, 4.69) is 4.98 Å². The van der Waals surface area contributed by atoms with Crippen LogP contribution in [-0.4, -0.2) is 15.3 Å². The van der Waals surface area contributed by atoms with E-state index in [1.807, 2.05) is 12.1 Å². The van der Waals surface area contributed by atoms with Crippen LogP contribution >= 0.6 is 0 Å².